The first-order valence-corrected chi connectivity index (χ1v) is 15.6. The van der Waals surface area contributed by atoms with E-state index in [9.17, 15) is 14.0 Å². The van der Waals surface area contributed by atoms with Gasteiger partial charge >= 0.3 is 5.97 Å². The fraction of sp³-hybridized carbons (Fsp3) is 0.657. The summed E-state index contributed by atoms with van der Waals surface area (Å²) in [5, 5.41) is 0. The minimum Gasteiger partial charge on any atom is -0.462 e. The topological polar surface area (TPSA) is 46.6 Å². The van der Waals surface area contributed by atoms with E-state index in [-0.39, 0.29) is 28.7 Å². The zero-order valence-corrected chi connectivity index (χ0v) is 25.3. The van der Waals surface area contributed by atoms with Crippen molar-refractivity contribution >= 4 is 11.8 Å². The van der Waals surface area contributed by atoms with E-state index in [1.54, 1.807) is 0 Å². The summed E-state index contributed by atoms with van der Waals surface area (Å²) in [5.41, 5.74) is 3.26. The molecule has 0 N–H and O–H groups in total. The van der Waals surface area contributed by atoms with E-state index in [1.807, 2.05) is 19.1 Å². The van der Waals surface area contributed by atoms with Crippen molar-refractivity contribution in [3.05, 3.63) is 58.9 Å². The molecule has 1 aromatic carbocycles. The summed E-state index contributed by atoms with van der Waals surface area (Å²) in [7, 11) is 0. The number of hydrogen-bond acceptors (Lipinski definition) is 4. The summed E-state index contributed by atoms with van der Waals surface area (Å²) in [6.45, 7) is 11.3. The molecule has 0 aromatic heterocycles. The lowest BCUT2D eigenvalue weighted by Crippen LogP contribution is -2.32. The number of halogens is 1. The lowest BCUT2D eigenvalue weighted by atomic mass is 9.67. The third kappa shape index (κ3) is 8.15. The predicted octanol–water partition coefficient (Wildman–Crippen LogP) is 8.00. The van der Waals surface area contributed by atoms with Crippen LogP contribution in [0.5, 0.6) is 0 Å². The van der Waals surface area contributed by atoms with Crippen LogP contribution in [0.2, 0.25) is 0 Å². The van der Waals surface area contributed by atoms with Crippen molar-refractivity contribution in [1.82, 2.24) is 4.90 Å². The Labute approximate surface area is 241 Å². The minimum absolute atomic E-state index is 0.0223. The number of allylic oxidation sites excluding steroid dienone is 2. The third-order valence-electron chi connectivity index (χ3n) is 9.87. The number of carbonyl (C=O) groups is 2. The molecule has 4 rings (SSSR count). The van der Waals surface area contributed by atoms with Crippen LogP contribution in [0.1, 0.15) is 104 Å². The number of Topliss-reactive ketones (excluding diaryl/α,β-unsaturated/α-hetero) is 1. The Bertz CT molecular complexity index is 1080. The average Bonchev–Trinajstić information content (AvgIpc) is 3.08. The van der Waals surface area contributed by atoms with E-state index in [2.05, 4.69) is 37.8 Å². The smallest absolute Gasteiger partial charge is 0.312 e. The summed E-state index contributed by atoms with van der Waals surface area (Å²) >= 11 is 0. The quantitative estimate of drug-likeness (QED) is 0.206. The normalized spacial score (nSPS) is 26.5. The Morgan fingerprint density at radius 2 is 1.88 bits per heavy atom. The second-order valence-corrected chi connectivity index (χ2v) is 13.4. The Morgan fingerprint density at radius 3 is 2.58 bits per heavy atom. The first-order chi connectivity index (χ1) is 19.1. The van der Waals surface area contributed by atoms with Crippen LogP contribution in [0.3, 0.4) is 0 Å². The summed E-state index contributed by atoms with van der Waals surface area (Å²) in [6, 6.07) is 6.84. The number of cyclic esters (lactones) is 1. The average molecular weight is 552 g/mol. The second-order valence-electron chi connectivity index (χ2n) is 13.4. The number of ketones is 1. The molecule has 2 heterocycles. The molecule has 2 aliphatic heterocycles. The molecule has 0 bridgehead atoms. The van der Waals surface area contributed by atoms with Crippen LogP contribution in [-0.4, -0.2) is 42.4 Å². The number of benzene rings is 1. The predicted molar refractivity (Wildman–Crippen MR) is 159 cm³/mol. The van der Waals surface area contributed by atoms with E-state index < -0.39 is 0 Å². The molecule has 0 radical (unpaired) electrons. The van der Waals surface area contributed by atoms with Crippen molar-refractivity contribution < 1.29 is 18.7 Å². The summed E-state index contributed by atoms with van der Waals surface area (Å²) in [6.07, 6.45) is 15.5. The summed E-state index contributed by atoms with van der Waals surface area (Å²) in [5.74, 6) is 0.734. The molecule has 1 aromatic rings. The van der Waals surface area contributed by atoms with Crippen molar-refractivity contribution in [3.63, 3.8) is 0 Å². The molecule has 4 nitrogen and oxygen atoms in total. The first kappa shape index (κ1) is 30.7. The van der Waals surface area contributed by atoms with Gasteiger partial charge in [0.1, 0.15) is 17.7 Å². The fourth-order valence-corrected chi connectivity index (χ4v) is 7.04. The zero-order chi connectivity index (χ0) is 28.8. The highest BCUT2D eigenvalue weighted by Gasteiger charge is 2.50. The van der Waals surface area contributed by atoms with Gasteiger partial charge in [-0.3, -0.25) is 9.59 Å². The molecule has 220 valence electrons. The molecule has 5 heteroatoms. The molecular formula is C35H50FNO3. The number of esters is 1. The van der Waals surface area contributed by atoms with Crippen LogP contribution < -0.4 is 0 Å². The van der Waals surface area contributed by atoms with E-state index in [1.165, 1.54) is 23.3 Å². The van der Waals surface area contributed by atoms with Gasteiger partial charge in [0.2, 0.25) is 0 Å². The SMILES string of the molecule is C/C=C(\C)CC(C)(C)C(=O)CCC1CCC2(CC1)C[C@H](CCN1CCC=C(Cc3ccc(F)cc3)CC1)OC2=O. The van der Waals surface area contributed by atoms with Crippen LogP contribution in [0.15, 0.2) is 47.6 Å². The van der Waals surface area contributed by atoms with E-state index in [4.69, 9.17) is 4.74 Å². The molecule has 1 aliphatic carbocycles. The molecule has 2 fully saturated rings. The Hall–Kier alpha value is -2.27. The molecule has 3 aliphatic rings. The van der Waals surface area contributed by atoms with Gasteiger partial charge in [-0.1, -0.05) is 49.3 Å². The molecule has 0 unspecified atom stereocenters. The van der Waals surface area contributed by atoms with E-state index >= 15 is 0 Å². The molecule has 1 atom stereocenters. The maximum atomic E-state index is 13.2. The van der Waals surface area contributed by atoms with Crippen molar-refractivity contribution in [2.75, 3.05) is 19.6 Å². The lowest BCUT2D eigenvalue weighted by molar-refractivity contribution is -0.150. The van der Waals surface area contributed by atoms with E-state index in [0.717, 1.165) is 95.8 Å². The molecule has 0 amide bonds. The maximum Gasteiger partial charge on any atom is 0.312 e. The van der Waals surface area contributed by atoms with Gasteiger partial charge in [-0.05, 0) is 102 Å². The van der Waals surface area contributed by atoms with Crippen molar-refractivity contribution in [2.24, 2.45) is 16.7 Å². The molecule has 1 saturated heterocycles. The molecule has 40 heavy (non-hydrogen) atoms. The number of ether oxygens (including phenoxy) is 1. The van der Waals surface area contributed by atoms with Crippen LogP contribution >= 0.6 is 0 Å². The van der Waals surface area contributed by atoms with Crippen LogP contribution in [0.25, 0.3) is 0 Å². The number of rotatable bonds is 11. The van der Waals surface area contributed by atoms with Gasteiger partial charge in [0, 0.05) is 37.9 Å². The van der Waals surface area contributed by atoms with Crippen LogP contribution in [0, 0.1) is 22.6 Å². The van der Waals surface area contributed by atoms with E-state index in [0.29, 0.717) is 18.1 Å². The highest BCUT2D eigenvalue weighted by molar-refractivity contribution is 5.84. The van der Waals surface area contributed by atoms with Gasteiger partial charge < -0.3 is 9.64 Å². The number of nitrogens with zero attached hydrogens (tertiary/aromatic N) is 1. The zero-order valence-electron chi connectivity index (χ0n) is 25.3. The van der Waals surface area contributed by atoms with Gasteiger partial charge in [0.15, 0.2) is 0 Å². The van der Waals surface area contributed by atoms with Gasteiger partial charge in [-0.2, -0.15) is 0 Å². The Balaban J connectivity index is 1.17. The van der Waals surface area contributed by atoms with Crippen LogP contribution in [0.4, 0.5) is 4.39 Å². The van der Waals surface area contributed by atoms with Crippen LogP contribution in [-0.2, 0) is 20.7 Å². The van der Waals surface area contributed by atoms with Gasteiger partial charge in [-0.25, -0.2) is 4.39 Å². The standard InChI is InChI=1S/C35H50FNO3/c1-5-26(2)24-34(3,4)32(38)13-10-27-14-18-35(19-15-27)25-31(40-33(35)39)17-22-37-20-6-7-28(16-21-37)23-29-8-11-30(36)12-9-29/h5,7-9,11-12,27,31H,6,10,13-25H2,1-4H3/b26-5+/t27?,31-,35?/m0/s1. The second kappa shape index (κ2) is 13.6. The first-order valence-electron chi connectivity index (χ1n) is 15.6. The Kier molecular flexibility index (Phi) is 10.4. The van der Waals surface area contributed by atoms with Crippen molar-refractivity contribution in [1.29, 1.82) is 0 Å². The van der Waals surface area contributed by atoms with Crippen molar-refractivity contribution in [2.45, 2.75) is 111 Å². The monoisotopic (exact) mass is 551 g/mol. The third-order valence-corrected chi connectivity index (χ3v) is 9.87. The summed E-state index contributed by atoms with van der Waals surface area (Å²) in [4.78, 5) is 28.4. The molecule has 1 spiro atoms. The maximum absolute atomic E-state index is 13.2. The molecular weight excluding hydrogens is 501 g/mol. The minimum atomic E-state index is -0.303. The highest BCUT2D eigenvalue weighted by Crippen LogP contribution is 2.49. The largest absolute Gasteiger partial charge is 0.462 e. The van der Waals surface area contributed by atoms with Gasteiger partial charge in [0.25, 0.3) is 0 Å². The molecule has 1 saturated carbocycles. The number of carbonyl (C=O) groups excluding carboxylic acids is 2. The fourth-order valence-electron chi connectivity index (χ4n) is 7.04. The Morgan fingerprint density at radius 1 is 1.15 bits per heavy atom. The lowest BCUT2D eigenvalue weighted by Gasteiger charge is -2.34. The number of hydrogen-bond donors (Lipinski definition) is 0. The highest BCUT2D eigenvalue weighted by atomic mass is 19.1. The van der Waals surface area contributed by atoms with Gasteiger partial charge in [-0.15, -0.1) is 0 Å². The van der Waals surface area contributed by atoms with Gasteiger partial charge in [0.05, 0.1) is 5.41 Å². The van der Waals surface area contributed by atoms with Crippen molar-refractivity contribution in [3.8, 4) is 0 Å². The summed E-state index contributed by atoms with van der Waals surface area (Å²) < 4.78 is 19.2.